The Morgan fingerprint density at radius 2 is 1.88 bits per heavy atom. The highest BCUT2D eigenvalue weighted by molar-refractivity contribution is 6.36. The van der Waals surface area contributed by atoms with Crippen molar-refractivity contribution in [1.29, 1.82) is 0 Å². The summed E-state index contributed by atoms with van der Waals surface area (Å²) in [6.45, 7) is 0. The van der Waals surface area contributed by atoms with E-state index in [0.717, 1.165) is 11.3 Å². The van der Waals surface area contributed by atoms with Gasteiger partial charge in [0.25, 0.3) is 0 Å². The van der Waals surface area contributed by atoms with Gasteiger partial charge in [0.1, 0.15) is 0 Å². The van der Waals surface area contributed by atoms with Crippen LogP contribution in [0.5, 0.6) is 0 Å². The molecule has 0 saturated carbocycles. The zero-order chi connectivity index (χ0) is 11.7. The molecule has 0 aliphatic carbocycles. The summed E-state index contributed by atoms with van der Waals surface area (Å²) in [7, 11) is 1.83. The maximum Gasteiger partial charge on any atom is 0.0752 e. The molecule has 3 nitrogen and oxygen atoms in total. The second-order valence-corrected chi connectivity index (χ2v) is 4.31. The molecule has 2 rings (SSSR count). The molecule has 16 heavy (non-hydrogen) atoms. The minimum atomic E-state index is -0.367. The average molecular weight is 256 g/mol. The van der Waals surface area contributed by atoms with Crippen molar-refractivity contribution in [1.82, 2.24) is 9.78 Å². The summed E-state index contributed by atoms with van der Waals surface area (Å²) in [5.41, 5.74) is 7.73. The number of nitrogens with two attached hydrogens (primary N) is 1. The highest BCUT2D eigenvalue weighted by Gasteiger charge is 2.18. The van der Waals surface area contributed by atoms with Gasteiger partial charge in [0.2, 0.25) is 0 Å². The van der Waals surface area contributed by atoms with Crippen molar-refractivity contribution < 1.29 is 0 Å². The molecule has 1 atom stereocenters. The maximum absolute atomic E-state index is 6.13. The number of hydrogen-bond acceptors (Lipinski definition) is 2. The van der Waals surface area contributed by atoms with Crippen LogP contribution in [0, 0.1) is 0 Å². The topological polar surface area (TPSA) is 43.8 Å². The lowest BCUT2D eigenvalue weighted by atomic mass is 10.0. The Hall–Kier alpha value is -1.03. The van der Waals surface area contributed by atoms with E-state index in [-0.39, 0.29) is 6.04 Å². The van der Waals surface area contributed by atoms with E-state index in [2.05, 4.69) is 5.10 Å². The zero-order valence-corrected chi connectivity index (χ0v) is 10.2. The molecule has 0 bridgehead atoms. The lowest BCUT2D eigenvalue weighted by Gasteiger charge is -2.15. The van der Waals surface area contributed by atoms with Crippen molar-refractivity contribution in [2.24, 2.45) is 12.8 Å². The first-order chi connectivity index (χ1) is 7.61. The normalized spacial score (nSPS) is 12.8. The van der Waals surface area contributed by atoms with E-state index in [1.54, 1.807) is 29.1 Å². The van der Waals surface area contributed by atoms with Gasteiger partial charge in [-0.1, -0.05) is 29.3 Å². The monoisotopic (exact) mass is 255 g/mol. The van der Waals surface area contributed by atoms with Crippen molar-refractivity contribution in [3.05, 3.63) is 51.8 Å². The van der Waals surface area contributed by atoms with Gasteiger partial charge in [0.05, 0.1) is 11.7 Å². The summed E-state index contributed by atoms with van der Waals surface area (Å²) in [5.74, 6) is 0. The van der Waals surface area contributed by atoms with Crippen LogP contribution in [0.25, 0.3) is 0 Å². The second kappa shape index (κ2) is 4.45. The minimum absolute atomic E-state index is 0.367. The molecule has 0 aliphatic rings. The molecular formula is C11H11Cl2N3. The summed E-state index contributed by atoms with van der Waals surface area (Å²) >= 11 is 12.2. The molecule has 1 heterocycles. The largest absolute Gasteiger partial charge is 0.319 e. The molecule has 5 heteroatoms. The van der Waals surface area contributed by atoms with E-state index in [0.29, 0.717) is 10.0 Å². The third-order valence-electron chi connectivity index (χ3n) is 2.49. The van der Waals surface area contributed by atoms with Crippen LogP contribution >= 0.6 is 23.2 Å². The molecule has 0 fully saturated rings. The summed E-state index contributed by atoms with van der Waals surface area (Å²) in [6.07, 6.45) is 1.69. The smallest absolute Gasteiger partial charge is 0.0752 e. The summed E-state index contributed by atoms with van der Waals surface area (Å²) in [6, 6.07) is 6.83. The third kappa shape index (κ3) is 1.94. The van der Waals surface area contributed by atoms with Gasteiger partial charge >= 0.3 is 0 Å². The first-order valence-corrected chi connectivity index (χ1v) is 5.54. The molecule has 1 aromatic heterocycles. The van der Waals surface area contributed by atoms with Crippen molar-refractivity contribution in [2.45, 2.75) is 6.04 Å². The van der Waals surface area contributed by atoms with E-state index in [1.807, 2.05) is 13.1 Å². The Morgan fingerprint density at radius 3 is 2.38 bits per heavy atom. The molecule has 84 valence electrons. The van der Waals surface area contributed by atoms with Gasteiger partial charge in [0.15, 0.2) is 0 Å². The van der Waals surface area contributed by atoms with Crippen molar-refractivity contribution in [3.8, 4) is 0 Å². The molecule has 0 radical (unpaired) electrons. The van der Waals surface area contributed by atoms with E-state index >= 15 is 0 Å². The number of hydrogen-bond donors (Lipinski definition) is 1. The minimum Gasteiger partial charge on any atom is -0.319 e. The third-order valence-corrected chi connectivity index (χ3v) is 3.15. The van der Waals surface area contributed by atoms with Gasteiger partial charge in [-0.2, -0.15) is 5.10 Å². The standard InChI is InChI=1S/C11H11Cl2N3/c1-16-9(5-6-15-16)11(14)10-7(12)3-2-4-8(10)13/h2-6,11H,14H2,1H3. The predicted molar refractivity (Wildman–Crippen MR) is 65.7 cm³/mol. The quantitative estimate of drug-likeness (QED) is 0.897. The fourth-order valence-corrected chi connectivity index (χ4v) is 2.28. The van der Waals surface area contributed by atoms with Crippen LogP contribution in [0.1, 0.15) is 17.3 Å². The molecule has 1 aromatic carbocycles. The molecule has 0 saturated heterocycles. The van der Waals surface area contributed by atoms with Gasteiger partial charge < -0.3 is 5.73 Å². The van der Waals surface area contributed by atoms with Crippen LogP contribution in [-0.2, 0) is 7.05 Å². The second-order valence-electron chi connectivity index (χ2n) is 3.49. The van der Waals surface area contributed by atoms with Crippen molar-refractivity contribution in [2.75, 3.05) is 0 Å². The van der Waals surface area contributed by atoms with Crippen LogP contribution in [0.4, 0.5) is 0 Å². The molecule has 0 spiro atoms. The van der Waals surface area contributed by atoms with Gasteiger partial charge in [-0.15, -0.1) is 0 Å². The van der Waals surface area contributed by atoms with Crippen molar-refractivity contribution >= 4 is 23.2 Å². The van der Waals surface area contributed by atoms with Crippen molar-refractivity contribution in [3.63, 3.8) is 0 Å². The van der Waals surface area contributed by atoms with E-state index < -0.39 is 0 Å². The Balaban J connectivity index is 2.49. The first-order valence-electron chi connectivity index (χ1n) is 4.78. The average Bonchev–Trinajstić information content (AvgIpc) is 2.64. The highest BCUT2D eigenvalue weighted by Crippen LogP contribution is 2.32. The Morgan fingerprint density at radius 1 is 1.25 bits per heavy atom. The zero-order valence-electron chi connectivity index (χ0n) is 8.69. The summed E-state index contributed by atoms with van der Waals surface area (Å²) < 4.78 is 1.71. The molecule has 2 aromatic rings. The number of halogens is 2. The van der Waals surface area contributed by atoms with E-state index in [4.69, 9.17) is 28.9 Å². The van der Waals surface area contributed by atoms with E-state index in [9.17, 15) is 0 Å². The number of aryl methyl sites for hydroxylation is 1. The maximum atomic E-state index is 6.13. The van der Waals surface area contributed by atoms with Gasteiger partial charge in [-0.25, -0.2) is 0 Å². The fraction of sp³-hybridized carbons (Fsp3) is 0.182. The van der Waals surface area contributed by atoms with Gasteiger partial charge in [-0.3, -0.25) is 4.68 Å². The summed E-state index contributed by atoms with van der Waals surface area (Å²) in [4.78, 5) is 0. The number of aromatic nitrogens is 2. The molecule has 0 aliphatic heterocycles. The molecular weight excluding hydrogens is 245 g/mol. The fourth-order valence-electron chi connectivity index (χ4n) is 1.64. The van der Waals surface area contributed by atoms with Gasteiger partial charge in [0, 0.05) is 28.9 Å². The SMILES string of the molecule is Cn1nccc1C(N)c1c(Cl)cccc1Cl. The lowest BCUT2D eigenvalue weighted by Crippen LogP contribution is -2.16. The van der Waals surface area contributed by atoms with Gasteiger partial charge in [-0.05, 0) is 18.2 Å². The van der Waals surface area contributed by atoms with Crippen LogP contribution in [0.3, 0.4) is 0 Å². The Bertz CT molecular complexity index is 487. The Kier molecular flexibility index (Phi) is 3.19. The van der Waals surface area contributed by atoms with Crippen LogP contribution in [0.15, 0.2) is 30.5 Å². The molecule has 0 amide bonds. The van der Waals surface area contributed by atoms with Crippen LogP contribution < -0.4 is 5.73 Å². The number of benzene rings is 1. The van der Waals surface area contributed by atoms with Crippen LogP contribution in [-0.4, -0.2) is 9.78 Å². The summed E-state index contributed by atoms with van der Waals surface area (Å²) in [5, 5.41) is 5.21. The van der Waals surface area contributed by atoms with Crippen LogP contribution in [0.2, 0.25) is 10.0 Å². The number of nitrogens with zero attached hydrogens (tertiary/aromatic N) is 2. The first kappa shape index (κ1) is 11.5. The highest BCUT2D eigenvalue weighted by atomic mass is 35.5. The predicted octanol–water partition coefficient (Wildman–Crippen LogP) is 2.78. The van der Waals surface area contributed by atoms with E-state index in [1.165, 1.54) is 0 Å². The molecule has 1 unspecified atom stereocenters. The number of rotatable bonds is 2. The lowest BCUT2D eigenvalue weighted by molar-refractivity contribution is 0.673. The Labute approximate surface area is 104 Å². The molecule has 2 N–H and O–H groups in total.